The number of carbonyl (C=O) groups excluding carboxylic acids is 2. The average molecular weight is 473 g/mol. The summed E-state index contributed by atoms with van der Waals surface area (Å²) in [4.78, 5) is 32.3. The first-order chi connectivity index (χ1) is 17.1. The SMILES string of the molecule is Cc1c[nH]c2cc(C(=O)N[C@@H](C(=O)NCC3CCN(C4CCCC4)CC3)c3ccccc3)ccc12. The van der Waals surface area contributed by atoms with E-state index >= 15 is 0 Å². The fourth-order valence-corrected chi connectivity index (χ4v) is 5.71. The number of rotatable bonds is 7. The molecule has 2 fully saturated rings. The molecule has 5 rings (SSSR count). The summed E-state index contributed by atoms with van der Waals surface area (Å²) in [6, 6.07) is 15.1. The van der Waals surface area contributed by atoms with Gasteiger partial charge in [0.1, 0.15) is 6.04 Å². The third-order valence-corrected chi connectivity index (χ3v) is 7.88. The molecule has 2 heterocycles. The molecule has 1 saturated carbocycles. The predicted octanol–water partition coefficient (Wildman–Crippen LogP) is 4.72. The number of nitrogens with one attached hydrogen (secondary N) is 3. The highest BCUT2D eigenvalue weighted by molar-refractivity contribution is 6.00. The molecule has 2 aromatic carbocycles. The van der Waals surface area contributed by atoms with Crippen molar-refractivity contribution in [1.82, 2.24) is 20.5 Å². The maximum absolute atomic E-state index is 13.3. The minimum atomic E-state index is -0.733. The summed E-state index contributed by atoms with van der Waals surface area (Å²) in [5.74, 6) is 0.0786. The number of fused-ring (bicyclic) bond motifs is 1. The summed E-state index contributed by atoms with van der Waals surface area (Å²) < 4.78 is 0. The standard InChI is InChI=1S/C29H36N4O2/c1-20-18-30-26-17-23(11-12-25(20)26)28(34)32-27(22-7-3-2-4-8-22)29(35)31-19-21-13-15-33(16-14-21)24-9-5-6-10-24/h2-4,7-8,11-12,17-18,21,24,27,30H,5-6,9-10,13-16,19H2,1H3,(H,31,35)(H,32,34)/t27-/m1/s1. The van der Waals surface area contributed by atoms with Gasteiger partial charge in [0.15, 0.2) is 0 Å². The van der Waals surface area contributed by atoms with Gasteiger partial charge in [-0.3, -0.25) is 9.59 Å². The Bertz CT molecular complexity index is 1160. The number of aromatic amines is 1. The van der Waals surface area contributed by atoms with Gasteiger partial charge < -0.3 is 20.5 Å². The van der Waals surface area contributed by atoms with Gasteiger partial charge in [-0.15, -0.1) is 0 Å². The first-order valence-electron chi connectivity index (χ1n) is 13.0. The molecule has 6 nitrogen and oxygen atoms in total. The summed E-state index contributed by atoms with van der Waals surface area (Å²) in [7, 11) is 0. The number of aryl methyl sites for hydroxylation is 1. The van der Waals surface area contributed by atoms with Crippen molar-refractivity contribution in [3.63, 3.8) is 0 Å². The Morgan fingerprint density at radius 3 is 2.51 bits per heavy atom. The van der Waals surface area contributed by atoms with Gasteiger partial charge in [-0.25, -0.2) is 0 Å². The number of likely N-dealkylation sites (tertiary alicyclic amines) is 1. The number of benzene rings is 2. The number of hydrogen-bond acceptors (Lipinski definition) is 3. The molecule has 6 heteroatoms. The van der Waals surface area contributed by atoms with E-state index in [0.717, 1.165) is 54.0 Å². The number of nitrogens with zero attached hydrogens (tertiary/aromatic N) is 1. The van der Waals surface area contributed by atoms with E-state index in [1.54, 1.807) is 0 Å². The van der Waals surface area contributed by atoms with E-state index in [9.17, 15) is 9.59 Å². The first-order valence-corrected chi connectivity index (χ1v) is 13.0. The van der Waals surface area contributed by atoms with E-state index in [1.165, 1.54) is 25.7 Å². The number of hydrogen-bond donors (Lipinski definition) is 3. The zero-order chi connectivity index (χ0) is 24.2. The molecule has 184 valence electrons. The van der Waals surface area contributed by atoms with Crippen LogP contribution in [0.1, 0.15) is 66.1 Å². The largest absolute Gasteiger partial charge is 0.361 e. The van der Waals surface area contributed by atoms with Crippen molar-refractivity contribution in [1.29, 1.82) is 0 Å². The van der Waals surface area contributed by atoms with Crippen molar-refractivity contribution in [3.05, 3.63) is 71.4 Å². The summed E-state index contributed by atoms with van der Waals surface area (Å²) in [5, 5.41) is 7.22. The van der Waals surface area contributed by atoms with Crippen molar-refractivity contribution in [2.24, 2.45) is 5.92 Å². The lowest BCUT2D eigenvalue weighted by Gasteiger charge is -2.36. The average Bonchev–Trinajstić information content (AvgIpc) is 3.57. The molecule has 0 spiro atoms. The lowest BCUT2D eigenvalue weighted by molar-refractivity contribution is -0.123. The lowest BCUT2D eigenvalue weighted by atomic mass is 9.95. The fourth-order valence-electron chi connectivity index (χ4n) is 5.71. The lowest BCUT2D eigenvalue weighted by Crippen LogP contribution is -2.45. The smallest absolute Gasteiger partial charge is 0.252 e. The molecule has 3 aromatic rings. The van der Waals surface area contributed by atoms with Crippen LogP contribution in [-0.2, 0) is 4.79 Å². The van der Waals surface area contributed by atoms with Crippen LogP contribution in [0.25, 0.3) is 10.9 Å². The molecule has 1 atom stereocenters. The van der Waals surface area contributed by atoms with Crippen LogP contribution in [0.3, 0.4) is 0 Å². The predicted molar refractivity (Wildman–Crippen MR) is 139 cm³/mol. The van der Waals surface area contributed by atoms with Crippen LogP contribution in [-0.4, -0.2) is 47.4 Å². The zero-order valence-corrected chi connectivity index (χ0v) is 20.6. The molecule has 35 heavy (non-hydrogen) atoms. The van der Waals surface area contributed by atoms with Gasteiger partial charge in [0, 0.05) is 35.2 Å². The van der Waals surface area contributed by atoms with Gasteiger partial charge in [-0.05, 0) is 74.9 Å². The van der Waals surface area contributed by atoms with Gasteiger partial charge in [-0.2, -0.15) is 0 Å². The van der Waals surface area contributed by atoms with Gasteiger partial charge in [0.25, 0.3) is 5.91 Å². The third-order valence-electron chi connectivity index (χ3n) is 7.88. The van der Waals surface area contributed by atoms with Crippen molar-refractivity contribution < 1.29 is 9.59 Å². The maximum Gasteiger partial charge on any atom is 0.252 e. The number of carbonyl (C=O) groups is 2. The number of piperidine rings is 1. The van der Waals surface area contributed by atoms with Crippen LogP contribution in [0.15, 0.2) is 54.7 Å². The molecule has 2 aliphatic rings. The Labute approximate surface area is 207 Å². The van der Waals surface area contributed by atoms with Crippen molar-refractivity contribution in [2.45, 2.75) is 57.5 Å². The van der Waals surface area contributed by atoms with Crippen LogP contribution in [0.2, 0.25) is 0 Å². The van der Waals surface area contributed by atoms with E-state index in [2.05, 4.69) is 20.5 Å². The zero-order valence-electron chi connectivity index (χ0n) is 20.6. The Morgan fingerprint density at radius 1 is 1.03 bits per heavy atom. The monoisotopic (exact) mass is 472 g/mol. The van der Waals surface area contributed by atoms with Crippen LogP contribution in [0, 0.1) is 12.8 Å². The third kappa shape index (κ3) is 5.43. The fraction of sp³-hybridized carbons (Fsp3) is 0.448. The second kappa shape index (κ2) is 10.6. The Balaban J connectivity index is 1.22. The molecule has 3 N–H and O–H groups in total. The highest BCUT2D eigenvalue weighted by Crippen LogP contribution is 2.28. The van der Waals surface area contributed by atoms with Crippen LogP contribution >= 0.6 is 0 Å². The Morgan fingerprint density at radius 2 is 1.77 bits per heavy atom. The highest BCUT2D eigenvalue weighted by Gasteiger charge is 2.28. The molecular formula is C29H36N4O2. The number of H-pyrrole nitrogens is 1. The van der Waals surface area contributed by atoms with Crippen molar-refractivity contribution in [3.8, 4) is 0 Å². The molecule has 1 saturated heterocycles. The highest BCUT2D eigenvalue weighted by atomic mass is 16.2. The van der Waals surface area contributed by atoms with Gasteiger partial charge in [0.05, 0.1) is 0 Å². The van der Waals surface area contributed by atoms with E-state index in [0.29, 0.717) is 18.0 Å². The van der Waals surface area contributed by atoms with Crippen LogP contribution in [0.5, 0.6) is 0 Å². The molecule has 2 amide bonds. The second-order valence-corrected chi connectivity index (χ2v) is 10.2. The van der Waals surface area contributed by atoms with Crippen LogP contribution < -0.4 is 10.6 Å². The van der Waals surface area contributed by atoms with Gasteiger partial charge in [-0.1, -0.05) is 49.2 Å². The van der Waals surface area contributed by atoms with E-state index in [1.807, 2.05) is 61.7 Å². The quantitative estimate of drug-likeness (QED) is 0.466. The Kier molecular flexibility index (Phi) is 7.19. The first kappa shape index (κ1) is 23.6. The molecule has 1 aliphatic carbocycles. The van der Waals surface area contributed by atoms with Crippen LogP contribution in [0.4, 0.5) is 0 Å². The molecule has 1 aromatic heterocycles. The number of amides is 2. The number of aromatic nitrogens is 1. The summed E-state index contributed by atoms with van der Waals surface area (Å²) in [6.45, 7) is 4.95. The second-order valence-electron chi connectivity index (χ2n) is 10.2. The van der Waals surface area contributed by atoms with E-state index in [-0.39, 0.29) is 11.8 Å². The molecular weight excluding hydrogens is 436 g/mol. The summed E-state index contributed by atoms with van der Waals surface area (Å²) >= 11 is 0. The topological polar surface area (TPSA) is 77.2 Å². The van der Waals surface area contributed by atoms with Gasteiger partial charge >= 0.3 is 0 Å². The maximum atomic E-state index is 13.3. The minimum absolute atomic E-state index is 0.153. The van der Waals surface area contributed by atoms with Gasteiger partial charge in [0.2, 0.25) is 5.91 Å². The van der Waals surface area contributed by atoms with Crippen molar-refractivity contribution in [2.75, 3.05) is 19.6 Å². The minimum Gasteiger partial charge on any atom is -0.361 e. The molecule has 0 unspecified atom stereocenters. The van der Waals surface area contributed by atoms with E-state index in [4.69, 9.17) is 0 Å². The molecule has 0 bridgehead atoms. The van der Waals surface area contributed by atoms with Crippen molar-refractivity contribution >= 4 is 22.7 Å². The molecule has 0 radical (unpaired) electrons. The normalized spacial score (nSPS) is 18.5. The Hall–Kier alpha value is -3.12. The summed E-state index contributed by atoms with van der Waals surface area (Å²) in [5.41, 5.74) is 3.38. The summed E-state index contributed by atoms with van der Waals surface area (Å²) in [6.07, 6.45) is 9.60. The molecule has 1 aliphatic heterocycles. The van der Waals surface area contributed by atoms with E-state index < -0.39 is 6.04 Å².